The van der Waals surface area contributed by atoms with Crippen molar-refractivity contribution in [2.75, 3.05) is 26.3 Å². The highest BCUT2D eigenvalue weighted by Gasteiger charge is 2.25. The second kappa shape index (κ2) is 5.61. The number of hydrogen-bond donors (Lipinski definition) is 2. The van der Waals surface area contributed by atoms with Crippen LogP contribution in [-0.2, 0) is 21.8 Å². The average Bonchev–Trinajstić information content (AvgIpc) is 2.69. The van der Waals surface area contributed by atoms with Gasteiger partial charge in [-0.1, -0.05) is 5.21 Å². The third-order valence-electron chi connectivity index (χ3n) is 2.51. The predicted octanol–water partition coefficient (Wildman–Crippen LogP) is -1.16. The van der Waals surface area contributed by atoms with Crippen molar-refractivity contribution in [3.8, 4) is 0 Å². The summed E-state index contributed by atoms with van der Waals surface area (Å²) in [5, 5.41) is 10.5. The summed E-state index contributed by atoms with van der Waals surface area (Å²) >= 11 is 3.07. The molecule has 102 valence electrons. The van der Waals surface area contributed by atoms with Crippen LogP contribution in [0.25, 0.3) is 0 Å². The van der Waals surface area contributed by atoms with Crippen molar-refractivity contribution in [1.82, 2.24) is 25.0 Å². The summed E-state index contributed by atoms with van der Waals surface area (Å²) in [5.41, 5.74) is 0. The summed E-state index contributed by atoms with van der Waals surface area (Å²) < 4.78 is 33.3. The van der Waals surface area contributed by atoms with E-state index in [9.17, 15) is 8.42 Å². The number of halogens is 1. The van der Waals surface area contributed by atoms with Crippen molar-refractivity contribution in [1.29, 1.82) is 0 Å². The molecule has 8 nitrogen and oxygen atoms in total. The number of ether oxygens (including phenoxy) is 1. The molecule has 1 saturated heterocycles. The Morgan fingerprint density at radius 1 is 1.67 bits per heavy atom. The van der Waals surface area contributed by atoms with Gasteiger partial charge in [0.1, 0.15) is 0 Å². The van der Waals surface area contributed by atoms with Gasteiger partial charge in [-0.3, -0.25) is 0 Å². The summed E-state index contributed by atoms with van der Waals surface area (Å²) in [6, 6.07) is -0.0199. The van der Waals surface area contributed by atoms with Crippen LogP contribution in [0.2, 0.25) is 0 Å². The maximum atomic E-state index is 12.1. The first-order chi connectivity index (χ1) is 8.50. The molecule has 0 radical (unpaired) electrons. The Labute approximate surface area is 113 Å². The first kappa shape index (κ1) is 13.9. The number of nitrogens with zero attached hydrogens (tertiary/aromatic N) is 3. The number of aromatic nitrogens is 3. The Bertz CT molecular complexity index is 491. The predicted molar refractivity (Wildman–Crippen MR) is 66.5 cm³/mol. The van der Waals surface area contributed by atoms with Gasteiger partial charge in [0.15, 0.2) is 4.60 Å². The fraction of sp³-hybridized carbons (Fsp3) is 0.750. The highest BCUT2D eigenvalue weighted by atomic mass is 79.9. The molecule has 2 heterocycles. The van der Waals surface area contributed by atoms with Crippen LogP contribution in [-0.4, -0.2) is 55.8 Å². The van der Waals surface area contributed by atoms with Gasteiger partial charge in [0.25, 0.3) is 10.0 Å². The van der Waals surface area contributed by atoms with Crippen LogP contribution in [0, 0.1) is 0 Å². The monoisotopic (exact) mass is 339 g/mol. The lowest BCUT2D eigenvalue weighted by atomic mass is 10.3. The first-order valence-electron chi connectivity index (χ1n) is 5.36. The van der Waals surface area contributed by atoms with E-state index in [0.717, 1.165) is 6.54 Å². The van der Waals surface area contributed by atoms with Crippen molar-refractivity contribution in [3.63, 3.8) is 0 Å². The summed E-state index contributed by atoms with van der Waals surface area (Å²) in [5.74, 6) is 0. The molecule has 0 bridgehead atoms. The second-order valence-electron chi connectivity index (χ2n) is 3.89. The smallest absolute Gasteiger partial charge is 0.260 e. The van der Waals surface area contributed by atoms with E-state index in [-0.39, 0.29) is 22.2 Å². The number of hydrogen-bond acceptors (Lipinski definition) is 6. The van der Waals surface area contributed by atoms with E-state index >= 15 is 0 Å². The Hall–Kier alpha value is -0.550. The van der Waals surface area contributed by atoms with E-state index in [1.165, 1.54) is 11.7 Å². The minimum atomic E-state index is -3.63. The SMILES string of the molecule is Cn1nnc(Br)c1S(=O)(=O)NCC1COCCN1. The van der Waals surface area contributed by atoms with Crippen molar-refractivity contribution in [2.45, 2.75) is 11.1 Å². The highest BCUT2D eigenvalue weighted by Crippen LogP contribution is 2.17. The lowest BCUT2D eigenvalue weighted by molar-refractivity contribution is 0.0784. The molecule has 1 aromatic rings. The molecule has 0 amide bonds. The van der Waals surface area contributed by atoms with Gasteiger partial charge in [-0.05, 0) is 15.9 Å². The van der Waals surface area contributed by atoms with Crippen LogP contribution in [0.3, 0.4) is 0 Å². The standard InChI is InChI=1S/C8H14BrN5O3S/c1-14-8(7(9)12-13-14)18(15,16)11-4-6-5-17-3-2-10-6/h6,10-11H,2-5H2,1H3. The van der Waals surface area contributed by atoms with Crippen LogP contribution >= 0.6 is 15.9 Å². The normalized spacial score (nSPS) is 21.1. The number of morpholine rings is 1. The third kappa shape index (κ3) is 3.06. The molecular weight excluding hydrogens is 326 g/mol. The van der Waals surface area contributed by atoms with Gasteiger partial charge in [-0.25, -0.2) is 17.8 Å². The maximum Gasteiger partial charge on any atom is 0.260 e. The van der Waals surface area contributed by atoms with Gasteiger partial charge in [-0.15, -0.1) is 5.10 Å². The molecule has 0 aromatic carbocycles. The minimum Gasteiger partial charge on any atom is -0.378 e. The van der Waals surface area contributed by atoms with Gasteiger partial charge >= 0.3 is 0 Å². The summed E-state index contributed by atoms with van der Waals surface area (Å²) in [6.07, 6.45) is 0. The van der Waals surface area contributed by atoms with E-state index in [0.29, 0.717) is 13.2 Å². The molecule has 1 unspecified atom stereocenters. The molecule has 1 aliphatic heterocycles. The zero-order valence-electron chi connectivity index (χ0n) is 9.76. The molecule has 0 spiro atoms. The molecule has 1 atom stereocenters. The van der Waals surface area contributed by atoms with Crippen LogP contribution < -0.4 is 10.0 Å². The minimum absolute atomic E-state index is 0.0132. The van der Waals surface area contributed by atoms with Gasteiger partial charge in [0.2, 0.25) is 5.03 Å². The van der Waals surface area contributed by atoms with Crippen LogP contribution in [0.15, 0.2) is 9.63 Å². The fourth-order valence-electron chi connectivity index (χ4n) is 1.64. The molecule has 10 heteroatoms. The Kier molecular flexibility index (Phi) is 4.33. The summed E-state index contributed by atoms with van der Waals surface area (Å²) in [7, 11) is -2.11. The van der Waals surface area contributed by atoms with E-state index in [1.807, 2.05) is 0 Å². The van der Waals surface area contributed by atoms with Gasteiger partial charge in [0.05, 0.1) is 13.2 Å². The Morgan fingerprint density at radius 3 is 3.00 bits per heavy atom. The number of rotatable bonds is 4. The number of nitrogens with one attached hydrogen (secondary N) is 2. The molecule has 2 rings (SSSR count). The van der Waals surface area contributed by atoms with Crippen LogP contribution in [0.5, 0.6) is 0 Å². The van der Waals surface area contributed by atoms with Crippen LogP contribution in [0.4, 0.5) is 0 Å². The van der Waals surface area contributed by atoms with Crippen molar-refractivity contribution < 1.29 is 13.2 Å². The first-order valence-corrected chi connectivity index (χ1v) is 7.64. The highest BCUT2D eigenvalue weighted by molar-refractivity contribution is 9.10. The summed E-state index contributed by atoms with van der Waals surface area (Å²) in [4.78, 5) is 0. The summed E-state index contributed by atoms with van der Waals surface area (Å²) in [6.45, 7) is 2.14. The fourth-order valence-corrected chi connectivity index (χ4v) is 3.81. The molecule has 0 saturated carbocycles. The lowest BCUT2D eigenvalue weighted by Gasteiger charge is -2.23. The quantitative estimate of drug-likeness (QED) is 0.718. The van der Waals surface area contributed by atoms with E-state index in [1.54, 1.807) is 0 Å². The van der Waals surface area contributed by atoms with Crippen LogP contribution in [0.1, 0.15) is 0 Å². The van der Waals surface area contributed by atoms with Gasteiger partial charge in [0, 0.05) is 26.2 Å². The van der Waals surface area contributed by atoms with Gasteiger partial charge < -0.3 is 10.1 Å². The zero-order chi connectivity index (χ0) is 13.2. The van der Waals surface area contributed by atoms with Crippen molar-refractivity contribution >= 4 is 26.0 Å². The van der Waals surface area contributed by atoms with Crippen molar-refractivity contribution in [3.05, 3.63) is 4.60 Å². The largest absolute Gasteiger partial charge is 0.378 e. The zero-order valence-corrected chi connectivity index (χ0v) is 12.2. The molecule has 1 aromatic heterocycles. The van der Waals surface area contributed by atoms with E-state index < -0.39 is 10.0 Å². The van der Waals surface area contributed by atoms with E-state index in [4.69, 9.17) is 4.74 Å². The number of aryl methyl sites for hydroxylation is 1. The third-order valence-corrected chi connectivity index (χ3v) is 4.82. The molecule has 1 aliphatic rings. The van der Waals surface area contributed by atoms with Crippen molar-refractivity contribution in [2.24, 2.45) is 7.05 Å². The maximum absolute atomic E-state index is 12.1. The Morgan fingerprint density at radius 2 is 2.44 bits per heavy atom. The molecule has 2 N–H and O–H groups in total. The molecule has 18 heavy (non-hydrogen) atoms. The molecule has 0 aliphatic carbocycles. The average molecular weight is 340 g/mol. The number of sulfonamides is 1. The second-order valence-corrected chi connectivity index (χ2v) is 6.32. The topological polar surface area (TPSA) is 98.1 Å². The van der Waals surface area contributed by atoms with E-state index in [2.05, 4.69) is 36.3 Å². The Balaban J connectivity index is 2.03. The molecular formula is C8H14BrN5O3S. The lowest BCUT2D eigenvalue weighted by Crippen LogP contribution is -2.48. The molecule has 1 fully saturated rings. The van der Waals surface area contributed by atoms with Gasteiger partial charge in [-0.2, -0.15) is 0 Å².